The highest BCUT2D eigenvalue weighted by atomic mass is 16.6. The number of aliphatic hydroxyl groups excluding tert-OH is 1. The molecule has 2 amide bonds. The van der Waals surface area contributed by atoms with Gasteiger partial charge in [0, 0.05) is 12.5 Å². The summed E-state index contributed by atoms with van der Waals surface area (Å²) >= 11 is 0. The smallest absolute Gasteiger partial charge is 0.408 e. The van der Waals surface area contributed by atoms with Gasteiger partial charge in [0.1, 0.15) is 17.7 Å². The van der Waals surface area contributed by atoms with Crippen LogP contribution in [0.25, 0.3) is 0 Å². The molecule has 0 saturated heterocycles. The standard InChI is InChI=1S/C20H33N3O4/c1-19(2,3)27-18(26)22-16(20(13-24)9-5-6-10-20)17(25)23(4)15(12-21)11-14-7-8-14/h14-16,24H,5-11,13H2,1-4H3,(H,22,26)/t15?,16-/m1/s1. The number of aliphatic hydroxyl groups is 1. The number of rotatable bonds is 7. The van der Waals surface area contributed by atoms with Crippen LogP contribution in [0.5, 0.6) is 0 Å². The van der Waals surface area contributed by atoms with Crippen LogP contribution in [0.3, 0.4) is 0 Å². The van der Waals surface area contributed by atoms with Gasteiger partial charge in [-0.3, -0.25) is 4.79 Å². The summed E-state index contributed by atoms with van der Waals surface area (Å²) in [5.41, 5.74) is -1.39. The first kappa shape index (κ1) is 21.5. The molecule has 2 aliphatic rings. The van der Waals surface area contributed by atoms with Crippen LogP contribution in [-0.2, 0) is 9.53 Å². The van der Waals surface area contributed by atoms with Crippen LogP contribution < -0.4 is 5.32 Å². The minimum atomic E-state index is -0.903. The van der Waals surface area contributed by atoms with Crippen LogP contribution in [-0.4, -0.2) is 53.3 Å². The number of nitriles is 1. The second-order valence-electron chi connectivity index (χ2n) is 9.08. The number of ether oxygens (including phenoxy) is 1. The van der Waals surface area contributed by atoms with Gasteiger partial charge in [0.05, 0.1) is 12.7 Å². The van der Waals surface area contributed by atoms with E-state index in [4.69, 9.17) is 4.74 Å². The molecule has 1 unspecified atom stereocenters. The maximum Gasteiger partial charge on any atom is 0.408 e. The molecule has 0 aromatic carbocycles. The summed E-state index contributed by atoms with van der Waals surface area (Å²) in [6, 6.07) is 0.794. The van der Waals surface area contributed by atoms with Crippen LogP contribution in [0.4, 0.5) is 4.79 Å². The van der Waals surface area contributed by atoms with E-state index in [-0.39, 0.29) is 12.5 Å². The predicted octanol–water partition coefficient (Wildman–Crippen LogP) is 2.58. The molecule has 0 aliphatic heterocycles. The molecular formula is C20H33N3O4. The Bertz CT molecular complexity index is 583. The molecule has 2 fully saturated rings. The predicted molar refractivity (Wildman–Crippen MR) is 101 cm³/mol. The summed E-state index contributed by atoms with van der Waals surface area (Å²) in [7, 11) is 1.61. The normalized spacial score (nSPS) is 21.0. The van der Waals surface area contributed by atoms with Gasteiger partial charge in [-0.2, -0.15) is 5.26 Å². The van der Waals surface area contributed by atoms with E-state index in [0.717, 1.165) is 25.7 Å². The van der Waals surface area contributed by atoms with Crippen LogP contribution in [0.1, 0.15) is 65.7 Å². The lowest BCUT2D eigenvalue weighted by molar-refractivity contribution is -0.138. The number of nitrogens with zero attached hydrogens (tertiary/aromatic N) is 2. The van der Waals surface area contributed by atoms with Gasteiger partial charge in [-0.25, -0.2) is 4.79 Å². The molecule has 0 radical (unpaired) electrons. The van der Waals surface area contributed by atoms with Gasteiger partial charge in [-0.1, -0.05) is 25.7 Å². The molecule has 7 nitrogen and oxygen atoms in total. The van der Waals surface area contributed by atoms with Crippen molar-refractivity contribution in [1.29, 1.82) is 5.26 Å². The first-order chi connectivity index (χ1) is 12.6. The molecule has 2 aliphatic carbocycles. The Morgan fingerprint density at radius 2 is 1.93 bits per heavy atom. The maximum atomic E-state index is 13.3. The number of amides is 2. The largest absolute Gasteiger partial charge is 0.444 e. The molecular weight excluding hydrogens is 346 g/mol. The molecule has 0 spiro atoms. The molecule has 0 heterocycles. The maximum absolute atomic E-state index is 13.3. The van der Waals surface area contributed by atoms with Gasteiger partial charge in [0.15, 0.2) is 0 Å². The van der Waals surface area contributed by atoms with Gasteiger partial charge in [-0.05, 0) is 46.0 Å². The number of hydrogen-bond donors (Lipinski definition) is 2. The van der Waals surface area contributed by atoms with Crippen molar-refractivity contribution in [3.63, 3.8) is 0 Å². The molecule has 0 aromatic rings. The Kier molecular flexibility index (Phi) is 6.74. The van der Waals surface area contributed by atoms with E-state index in [1.807, 2.05) is 0 Å². The highest BCUT2D eigenvalue weighted by Gasteiger charge is 2.48. The first-order valence-corrected chi connectivity index (χ1v) is 9.88. The number of alkyl carbamates (subject to hydrolysis) is 1. The van der Waals surface area contributed by atoms with Crippen molar-refractivity contribution < 1.29 is 19.4 Å². The molecule has 2 atom stereocenters. The highest BCUT2D eigenvalue weighted by molar-refractivity contribution is 5.87. The monoisotopic (exact) mass is 379 g/mol. The third-order valence-electron chi connectivity index (χ3n) is 5.65. The van der Waals surface area contributed by atoms with E-state index in [2.05, 4.69) is 11.4 Å². The topological polar surface area (TPSA) is 103 Å². The molecule has 7 heteroatoms. The second-order valence-corrected chi connectivity index (χ2v) is 9.08. The van der Waals surface area contributed by atoms with Crippen molar-refractivity contribution in [2.75, 3.05) is 13.7 Å². The molecule has 152 valence electrons. The third-order valence-corrected chi connectivity index (χ3v) is 5.65. The average molecular weight is 380 g/mol. The minimum Gasteiger partial charge on any atom is -0.444 e. The summed E-state index contributed by atoms with van der Waals surface area (Å²) in [5.74, 6) is 0.171. The van der Waals surface area contributed by atoms with Gasteiger partial charge in [0.25, 0.3) is 0 Å². The summed E-state index contributed by atoms with van der Waals surface area (Å²) in [4.78, 5) is 27.1. The molecule has 27 heavy (non-hydrogen) atoms. The van der Waals surface area contributed by atoms with E-state index >= 15 is 0 Å². The molecule has 2 saturated carbocycles. The summed E-state index contributed by atoms with van der Waals surface area (Å²) in [6.45, 7) is 5.09. The fraction of sp³-hybridized carbons (Fsp3) is 0.850. The van der Waals surface area contributed by atoms with Crippen LogP contribution >= 0.6 is 0 Å². The summed E-state index contributed by atoms with van der Waals surface area (Å²) < 4.78 is 5.34. The van der Waals surface area contributed by atoms with Crippen molar-refractivity contribution in [2.24, 2.45) is 11.3 Å². The zero-order chi connectivity index (χ0) is 20.2. The fourth-order valence-corrected chi connectivity index (χ4v) is 3.84. The van der Waals surface area contributed by atoms with Gasteiger partial charge in [0.2, 0.25) is 5.91 Å². The average Bonchev–Trinajstić information content (AvgIpc) is 3.28. The number of likely N-dealkylation sites (N-methyl/N-ethyl adjacent to an activating group) is 1. The Balaban J connectivity index is 2.20. The molecule has 0 aromatic heterocycles. The van der Waals surface area contributed by atoms with Crippen molar-refractivity contribution in [3.05, 3.63) is 0 Å². The van der Waals surface area contributed by atoms with Crippen molar-refractivity contribution in [2.45, 2.75) is 83.4 Å². The van der Waals surface area contributed by atoms with Crippen molar-refractivity contribution in [3.8, 4) is 6.07 Å². The molecule has 2 rings (SSSR count). The van der Waals surface area contributed by atoms with E-state index in [0.29, 0.717) is 25.2 Å². The van der Waals surface area contributed by atoms with Gasteiger partial charge >= 0.3 is 6.09 Å². The lowest BCUT2D eigenvalue weighted by atomic mass is 9.78. The number of nitrogens with one attached hydrogen (secondary N) is 1. The van der Waals surface area contributed by atoms with E-state index in [1.165, 1.54) is 4.90 Å². The zero-order valence-electron chi connectivity index (χ0n) is 17.0. The SMILES string of the molecule is CN(C(=O)[C@@H](NC(=O)OC(C)(C)C)C1(CO)CCCC1)C(C#N)CC1CC1. The lowest BCUT2D eigenvalue weighted by Crippen LogP contribution is -2.59. The van der Waals surface area contributed by atoms with E-state index in [9.17, 15) is 20.0 Å². The first-order valence-electron chi connectivity index (χ1n) is 9.88. The quantitative estimate of drug-likeness (QED) is 0.708. The summed E-state index contributed by atoms with van der Waals surface area (Å²) in [5, 5.41) is 22.3. The second kappa shape index (κ2) is 8.47. The lowest BCUT2D eigenvalue weighted by Gasteiger charge is -2.38. The van der Waals surface area contributed by atoms with Crippen molar-refractivity contribution in [1.82, 2.24) is 10.2 Å². The summed E-state index contributed by atoms with van der Waals surface area (Å²) in [6.07, 6.45) is 5.28. The number of hydrogen-bond acceptors (Lipinski definition) is 5. The van der Waals surface area contributed by atoms with E-state index in [1.54, 1.807) is 27.8 Å². The number of carbonyl (C=O) groups excluding carboxylic acids is 2. The van der Waals surface area contributed by atoms with E-state index < -0.39 is 29.2 Å². The minimum absolute atomic E-state index is 0.188. The van der Waals surface area contributed by atoms with Crippen molar-refractivity contribution >= 4 is 12.0 Å². The molecule has 0 bridgehead atoms. The Labute approximate surface area is 162 Å². The number of carbonyl (C=O) groups is 2. The van der Waals surface area contributed by atoms with Crippen LogP contribution in [0.2, 0.25) is 0 Å². The fourth-order valence-electron chi connectivity index (χ4n) is 3.84. The Morgan fingerprint density at radius 1 is 1.33 bits per heavy atom. The Morgan fingerprint density at radius 3 is 2.37 bits per heavy atom. The van der Waals surface area contributed by atoms with Gasteiger partial charge < -0.3 is 20.1 Å². The van der Waals surface area contributed by atoms with Gasteiger partial charge in [-0.15, -0.1) is 0 Å². The highest BCUT2D eigenvalue weighted by Crippen LogP contribution is 2.42. The van der Waals surface area contributed by atoms with Crippen LogP contribution in [0.15, 0.2) is 0 Å². The zero-order valence-corrected chi connectivity index (χ0v) is 17.0. The molecule has 2 N–H and O–H groups in total. The third kappa shape index (κ3) is 5.58. The Hall–Kier alpha value is -1.81. The van der Waals surface area contributed by atoms with Crippen LogP contribution in [0, 0.1) is 22.7 Å².